The third kappa shape index (κ3) is 2.13. The molecule has 0 heterocycles. The predicted octanol–water partition coefficient (Wildman–Crippen LogP) is 5.15. The molecule has 21 heavy (non-hydrogen) atoms. The molecule has 0 amide bonds. The van der Waals surface area contributed by atoms with Crippen LogP contribution in [0, 0.1) is 47.3 Å². The van der Waals surface area contributed by atoms with Crippen LogP contribution in [0.1, 0.15) is 65.2 Å². The first-order valence-electron chi connectivity index (χ1n) is 9.77. The van der Waals surface area contributed by atoms with Gasteiger partial charge in [0.2, 0.25) is 0 Å². The molecule has 0 aromatic heterocycles. The number of fused-ring (bicyclic) bond motifs is 12. The lowest BCUT2D eigenvalue weighted by Gasteiger charge is -2.40. The maximum absolute atomic E-state index is 4.90. The van der Waals surface area contributed by atoms with E-state index in [-0.39, 0.29) is 0 Å². The second-order valence-electron chi connectivity index (χ2n) is 8.76. The van der Waals surface area contributed by atoms with Gasteiger partial charge in [-0.2, -0.15) is 0 Å². The summed E-state index contributed by atoms with van der Waals surface area (Å²) >= 11 is 0. The zero-order valence-electron chi connectivity index (χ0n) is 14.3. The SMILES string of the molecule is C1CC2C(C1)C1CC2C2C3CCC(C3)C12.CCC(C)OC. The van der Waals surface area contributed by atoms with E-state index in [0.29, 0.717) is 6.10 Å². The van der Waals surface area contributed by atoms with Crippen molar-refractivity contribution in [3.63, 3.8) is 0 Å². The molecule has 9 unspecified atom stereocenters. The Morgan fingerprint density at radius 1 is 0.857 bits per heavy atom. The average Bonchev–Trinajstić information content (AvgIpc) is 3.28. The van der Waals surface area contributed by atoms with E-state index < -0.39 is 0 Å². The number of hydrogen-bond donors (Lipinski definition) is 0. The van der Waals surface area contributed by atoms with Gasteiger partial charge in [-0.05, 0) is 99.2 Å². The number of hydrogen-bond acceptors (Lipinski definition) is 1. The van der Waals surface area contributed by atoms with Crippen molar-refractivity contribution in [3.05, 3.63) is 0 Å². The quantitative estimate of drug-likeness (QED) is 0.639. The van der Waals surface area contributed by atoms with Crippen LogP contribution in [0.25, 0.3) is 0 Å². The Morgan fingerprint density at radius 3 is 1.86 bits per heavy atom. The molecule has 120 valence electrons. The molecule has 5 rings (SSSR count). The van der Waals surface area contributed by atoms with Crippen LogP contribution in [0.3, 0.4) is 0 Å². The van der Waals surface area contributed by atoms with E-state index in [4.69, 9.17) is 4.74 Å². The highest BCUT2D eigenvalue weighted by Crippen LogP contribution is 2.72. The van der Waals surface area contributed by atoms with Crippen molar-refractivity contribution in [1.82, 2.24) is 0 Å². The van der Waals surface area contributed by atoms with Crippen molar-refractivity contribution in [2.24, 2.45) is 47.3 Å². The summed E-state index contributed by atoms with van der Waals surface area (Å²) in [5.41, 5.74) is 0. The topological polar surface area (TPSA) is 9.23 Å². The van der Waals surface area contributed by atoms with Crippen LogP contribution >= 0.6 is 0 Å². The Balaban J connectivity index is 0.000000168. The summed E-state index contributed by atoms with van der Waals surface area (Å²) in [4.78, 5) is 0. The summed E-state index contributed by atoms with van der Waals surface area (Å²) in [5, 5.41) is 0. The van der Waals surface area contributed by atoms with Gasteiger partial charge in [-0.1, -0.05) is 13.3 Å². The Hall–Kier alpha value is -0.0400. The molecule has 9 atom stereocenters. The monoisotopic (exact) mass is 290 g/mol. The molecule has 0 aliphatic heterocycles. The molecule has 0 saturated heterocycles. The van der Waals surface area contributed by atoms with Crippen LogP contribution in [-0.2, 0) is 4.74 Å². The third-order valence-corrected chi connectivity index (χ3v) is 8.28. The van der Waals surface area contributed by atoms with Gasteiger partial charge >= 0.3 is 0 Å². The van der Waals surface area contributed by atoms with Gasteiger partial charge in [0, 0.05) is 7.11 Å². The first-order chi connectivity index (χ1) is 10.2. The highest BCUT2D eigenvalue weighted by molar-refractivity contribution is 5.14. The predicted molar refractivity (Wildman–Crippen MR) is 87.0 cm³/mol. The molecule has 5 aliphatic carbocycles. The molecule has 5 saturated carbocycles. The number of methoxy groups -OCH3 is 1. The Labute approximate surface area is 131 Å². The second-order valence-corrected chi connectivity index (χ2v) is 8.76. The van der Waals surface area contributed by atoms with Crippen molar-refractivity contribution in [3.8, 4) is 0 Å². The molecular weight excluding hydrogens is 256 g/mol. The van der Waals surface area contributed by atoms with Gasteiger partial charge < -0.3 is 4.74 Å². The fourth-order valence-corrected chi connectivity index (χ4v) is 7.45. The van der Waals surface area contributed by atoms with E-state index >= 15 is 0 Å². The summed E-state index contributed by atoms with van der Waals surface area (Å²) in [5.74, 6) is 9.78. The van der Waals surface area contributed by atoms with Crippen molar-refractivity contribution < 1.29 is 4.74 Å². The van der Waals surface area contributed by atoms with Crippen LogP contribution in [0.4, 0.5) is 0 Å². The van der Waals surface area contributed by atoms with Crippen LogP contribution in [0.2, 0.25) is 0 Å². The van der Waals surface area contributed by atoms with Gasteiger partial charge in [-0.3, -0.25) is 0 Å². The highest BCUT2D eigenvalue weighted by atomic mass is 16.5. The lowest BCUT2D eigenvalue weighted by atomic mass is 9.64. The van der Waals surface area contributed by atoms with Crippen molar-refractivity contribution >= 4 is 0 Å². The second kappa shape index (κ2) is 5.55. The molecule has 0 radical (unpaired) electrons. The summed E-state index contributed by atoms with van der Waals surface area (Å²) < 4.78 is 4.90. The van der Waals surface area contributed by atoms with Crippen LogP contribution < -0.4 is 0 Å². The zero-order valence-corrected chi connectivity index (χ0v) is 14.3. The molecular formula is C20H34O. The van der Waals surface area contributed by atoms with Gasteiger partial charge in [-0.15, -0.1) is 0 Å². The fraction of sp³-hybridized carbons (Fsp3) is 1.00. The van der Waals surface area contributed by atoms with Crippen LogP contribution in [-0.4, -0.2) is 13.2 Å². The summed E-state index contributed by atoms with van der Waals surface area (Å²) in [7, 11) is 1.73. The van der Waals surface area contributed by atoms with Crippen molar-refractivity contribution in [2.45, 2.75) is 71.3 Å². The van der Waals surface area contributed by atoms with Gasteiger partial charge in [0.25, 0.3) is 0 Å². The zero-order chi connectivity index (χ0) is 14.6. The first-order valence-corrected chi connectivity index (χ1v) is 9.77. The van der Waals surface area contributed by atoms with Crippen LogP contribution in [0.5, 0.6) is 0 Å². The standard InChI is InChI=1S/C15H22.C5H12O/c1-2-10-11(3-1)13-7-12(10)14-8-4-5-9(6-8)15(13)14;1-4-5(2)6-3/h8-15H,1-7H2;5H,4H2,1-3H3. The van der Waals surface area contributed by atoms with Crippen molar-refractivity contribution in [1.29, 1.82) is 0 Å². The van der Waals surface area contributed by atoms with Gasteiger partial charge in [0.1, 0.15) is 0 Å². The lowest BCUT2D eigenvalue weighted by Crippen LogP contribution is -2.35. The van der Waals surface area contributed by atoms with E-state index in [0.717, 1.165) is 6.42 Å². The lowest BCUT2D eigenvalue weighted by molar-refractivity contribution is 0.0716. The van der Waals surface area contributed by atoms with E-state index in [1.165, 1.54) is 47.3 Å². The molecule has 0 aromatic rings. The molecule has 4 bridgehead atoms. The summed E-state index contributed by atoms with van der Waals surface area (Å²) in [6.07, 6.45) is 12.9. The third-order valence-electron chi connectivity index (χ3n) is 8.28. The minimum Gasteiger partial charge on any atom is -0.382 e. The Kier molecular flexibility index (Phi) is 3.84. The summed E-state index contributed by atoms with van der Waals surface area (Å²) in [6, 6.07) is 0. The number of rotatable bonds is 2. The van der Waals surface area contributed by atoms with Crippen LogP contribution in [0.15, 0.2) is 0 Å². The maximum Gasteiger partial charge on any atom is 0.0540 e. The van der Waals surface area contributed by atoms with E-state index in [1.807, 2.05) is 0 Å². The Morgan fingerprint density at radius 2 is 1.43 bits per heavy atom. The first kappa shape index (κ1) is 14.5. The largest absolute Gasteiger partial charge is 0.382 e. The van der Waals surface area contributed by atoms with Gasteiger partial charge in [-0.25, -0.2) is 0 Å². The molecule has 1 heteroatoms. The van der Waals surface area contributed by atoms with E-state index in [2.05, 4.69) is 13.8 Å². The van der Waals surface area contributed by atoms with E-state index in [1.54, 1.807) is 52.1 Å². The van der Waals surface area contributed by atoms with Gasteiger partial charge in [0.05, 0.1) is 6.10 Å². The molecule has 0 spiro atoms. The molecule has 0 aromatic carbocycles. The molecule has 1 nitrogen and oxygen atoms in total. The maximum atomic E-state index is 4.90. The minimum absolute atomic E-state index is 0.435. The van der Waals surface area contributed by atoms with E-state index in [9.17, 15) is 0 Å². The average molecular weight is 290 g/mol. The smallest absolute Gasteiger partial charge is 0.0540 e. The fourth-order valence-electron chi connectivity index (χ4n) is 7.45. The minimum atomic E-state index is 0.435. The number of ether oxygens (including phenoxy) is 1. The normalized spacial score (nSPS) is 53.3. The molecule has 5 fully saturated rings. The highest BCUT2D eigenvalue weighted by Gasteiger charge is 2.65. The molecule has 5 aliphatic rings. The van der Waals surface area contributed by atoms with Crippen molar-refractivity contribution in [2.75, 3.05) is 7.11 Å². The summed E-state index contributed by atoms with van der Waals surface area (Å²) in [6.45, 7) is 4.16. The Bertz CT molecular complexity index is 346. The molecule has 0 N–H and O–H groups in total. The van der Waals surface area contributed by atoms with Gasteiger partial charge in [0.15, 0.2) is 0 Å².